The number of unbranched alkanes of at least 4 members (excludes halogenated alkanes) is 6. The highest BCUT2D eigenvalue weighted by atomic mass is 16.5. The Kier molecular flexibility index (Phi) is 10.3. The second-order valence-corrected chi connectivity index (χ2v) is 3.94. The average molecular weight is 241 g/mol. The maximum atomic E-state index is 10.9. The summed E-state index contributed by atoms with van der Waals surface area (Å²) in [4.78, 5) is 20.9. The van der Waals surface area contributed by atoms with Crippen molar-refractivity contribution in [1.82, 2.24) is 0 Å². The molecule has 0 bridgehead atoms. The Balaban J connectivity index is 3.28. The summed E-state index contributed by atoms with van der Waals surface area (Å²) >= 11 is 0. The average Bonchev–Trinajstić information content (AvgIpc) is 2.30. The van der Waals surface area contributed by atoms with Crippen molar-refractivity contribution in [3.63, 3.8) is 0 Å². The fourth-order valence-corrected chi connectivity index (χ4v) is 1.42. The van der Waals surface area contributed by atoms with E-state index >= 15 is 0 Å². The zero-order chi connectivity index (χ0) is 12.9. The van der Waals surface area contributed by atoms with Crippen LogP contribution in [0, 0.1) is 0 Å². The van der Waals surface area contributed by atoms with Gasteiger partial charge in [-0.15, -0.1) is 0 Å². The zero-order valence-corrected chi connectivity index (χ0v) is 10.4. The molecule has 0 atom stereocenters. The van der Waals surface area contributed by atoms with E-state index in [1.807, 2.05) is 0 Å². The molecular formula is C13H21O4. The molecule has 0 rings (SSSR count). The van der Waals surface area contributed by atoms with Gasteiger partial charge in [0, 0.05) is 12.2 Å². The monoisotopic (exact) mass is 241 g/mol. The SMILES string of the molecule is CCCCCCCCCOC(=O)/C=C\C([O])=O. The molecule has 0 fully saturated rings. The molecule has 0 aromatic rings. The summed E-state index contributed by atoms with van der Waals surface area (Å²) in [5, 5.41) is 10.00. The molecule has 0 aliphatic heterocycles. The first-order chi connectivity index (χ1) is 8.16. The molecule has 0 N–H and O–H groups in total. The molecule has 0 aromatic carbocycles. The number of rotatable bonds is 10. The van der Waals surface area contributed by atoms with Crippen LogP contribution in [-0.4, -0.2) is 18.5 Å². The Labute approximate surface area is 103 Å². The smallest absolute Gasteiger partial charge is 0.379 e. The minimum Gasteiger partial charge on any atom is -0.463 e. The minimum atomic E-state index is -1.39. The second-order valence-electron chi connectivity index (χ2n) is 3.94. The third kappa shape index (κ3) is 12.6. The lowest BCUT2D eigenvalue weighted by atomic mass is 10.1. The first kappa shape index (κ1) is 15.7. The van der Waals surface area contributed by atoms with E-state index in [0.717, 1.165) is 25.3 Å². The third-order valence-electron chi connectivity index (χ3n) is 2.35. The lowest BCUT2D eigenvalue weighted by Crippen LogP contribution is -2.03. The van der Waals surface area contributed by atoms with E-state index in [4.69, 9.17) is 4.74 Å². The van der Waals surface area contributed by atoms with Gasteiger partial charge in [-0.1, -0.05) is 45.4 Å². The fraction of sp³-hybridized carbons (Fsp3) is 0.692. The minimum absolute atomic E-state index is 0.351. The van der Waals surface area contributed by atoms with E-state index in [2.05, 4.69) is 6.92 Å². The first-order valence-corrected chi connectivity index (χ1v) is 6.22. The number of carbonyl (C=O) groups is 2. The summed E-state index contributed by atoms with van der Waals surface area (Å²) in [6.45, 7) is 2.53. The Hall–Kier alpha value is -1.32. The van der Waals surface area contributed by atoms with E-state index in [9.17, 15) is 14.7 Å². The predicted molar refractivity (Wildman–Crippen MR) is 63.8 cm³/mol. The normalized spacial score (nSPS) is 10.6. The summed E-state index contributed by atoms with van der Waals surface area (Å²) in [7, 11) is 0. The summed E-state index contributed by atoms with van der Waals surface area (Å²) < 4.78 is 4.80. The molecule has 0 aromatic heterocycles. The predicted octanol–water partition coefficient (Wildman–Crippen LogP) is 2.79. The van der Waals surface area contributed by atoms with Crippen LogP contribution in [0.2, 0.25) is 0 Å². The van der Waals surface area contributed by atoms with Crippen LogP contribution < -0.4 is 0 Å². The molecule has 0 unspecified atom stereocenters. The summed E-state index contributed by atoms with van der Waals surface area (Å²) in [6, 6.07) is 0. The lowest BCUT2D eigenvalue weighted by molar-refractivity contribution is -0.140. The molecule has 0 saturated carbocycles. The van der Waals surface area contributed by atoms with Gasteiger partial charge in [0.15, 0.2) is 0 Å². The molecular weight excluding hydrogens is 220 g/mol. The number of hydrogen-bond acceptors (Lipinski definition) is 3. The highest BCUT2D eigenvalue weighted by Gasteiger charge is 1.98. The number of carbonyl (C=O) groups excluding carboxylic acids is 2. The van der Waals surface area contributed by atoms with Crippen molar-refractivity contribution in [1.29, 1.82) is 0 Å². The van der Waals surface area contributed by atoms with Crippen molar-refractivity contribution in [2.75, 3.05) is 6.61 Å². The molecule has 1 radical (unpaired) electrons. The standard InChI is InChI=1S/C13H21O4/c1-2-3-4-5-6-7-8-11-17-13(16)10-9-12(14)15/h9-10H,2-8,11H2,1H3/b10-9-. The molecule has 17 heavy (non-hydrogen) atoms. The molecule has 97 valence electrons. The van der Waals surface area contributed by atoms with Crippen LogP contribution in [0.25, 0.3) is 0 Å². The number of ether oxygens (including phenoxy) is 1. The van der Waals surface area contributed by atoms with Crippen LogP contribution in [0.4, 0.5) is 0 Å². The maximum absolute atomic E-state index is 10.9. The van der Waals surface area contributed by atoms with Gasteiger partial charge in [0.2, 0.25) is 0 Å². The zero-order valence-electron chi connectivity index (χ0n) is 10.4. The van der Waals surface area contributed by atoms with Crippen molar-refractivity contribution < 1.29 is 19.4 Å². The first-order valence-electron chi connectivity index (χ1n) is 6.22. The van der Waals surface area contributed by atoms with Crippen molar-refractivity contribution in [3.8, 4) is 0 Å². The van der Waals surface area contributed by atoms with Gasteiger partial charge in [0.1, 0.15) is 0 Å². The van der Waals surface area contributed by atoms with Crippen LogP contribution in [0.3, 0.4) is 0 Å². The van der Waals surface area contributed by atoms with Crippen LogP contribution in [-0.2, 0) is 19.4 Å². The van der Waals surface area contributed by atoms with Gasteiger partial charge >= 0.3 is 11.9 Å². The number of hydrogen-bond donors (Lipinski definition) is 0. The summed E-state index contributed by atoms with van der Waals surface area (Å²) in [5.41, 5.74) is 0. The van der Waals surface area contributed by atoms with Gasteiger partial charge < -0.3 is 4.74 Å². The van der Waals surface area contributed by atoms with Crippen molar-refractivity contribution in [3.05, 3.63) is 12.2 Å². The van der Waals surface area contributed by atoms with Crippen LogP contribution in [0.1, 0.15) is 51.9 Å². The molecule has 0 heterocycles. The Morgan fingerprint density at radius 1 is 0.941 bits per heavy atom. The van der Waals surface area contributed by atoms with Crippen molar-refractivity contribution in [2.45, 2.75) is 51.9 Å². The Bertz CT molecular complexity index is 246. The van der Waals surface area contributed by atoms with Gasteiger partial charge in [0.25, 0.3) is 0 Å². The highest BCUT2D eigenvalue weighted by Crippen LogP contribution is 2.06. The quantitative estimate of drug-likeness (QED) is 0.335. The Morgan fingerprint density at radius 3 is 2.12 bits per heavy atom. The number of esters is 1. The van der Waals surface area contributed by atoms with Gasteiger partial charge in [-0.05, 0) is 6.42 Å². The topological polar surface area (TPSA) is 63.3 Å². The van der Waals surface area contributed by atoms with Gasteiger partial charge in [0.05, 0.1) is 6.61 Å². The van der Waals surface area contributed by atoms with Gasteiger partial charge in [-0.2, -0.15) is 0 Å². The van der Waals surface area contributed by atoms with E-state index < -0.39 is 11.9 Å². The van der Waals surface area contributed by atoms with E-state index in [1.54, 1.807) is 0 Å². The summed E-state index contributed by atoms with van der Waals surface area (Å²) in [5.74, 6) is -2.02. The third-order valence-corrected chi connectivity index (χ3v) is 2.35. The molecule has 0 aliphatic carbocycles. The van der Waals surface area contributed by atoms with E-state index in [1.165, 1.54) is 25.7 Å². The second kappa shape index (κ2) is 11.2. The molecule has 0 spiro atoms. The maximum Gasteiger partial charge on any atom is 0.379 e. The Morgan fingerprint density at radius 2 is 1.53 bits per heavy atom. The van der Waals surface area contributed by atoms with Gasteiger partial charge in [-0.3, -0.25) is 0 Å². The lowest BCUT2D eigenvalue weighted by Gasteiger charge is -2.02. The van der Waals surface area contributed by atoms with Crippen LogP contribution in [0.5, 0.6) is 0 Å². The highest BCUT2D eigenvalue weighted by molar-refractivity contribution is 5.90. The molecule has 4 nitrogen and oxygen atoms in total. The van der Waals surface area contributed by atoms with E-state index in [-0.39, 0.29) is 0 Å². The molecule has 0 saturated heterocycles. The molecule has 0 amide bonds. The van der Waals surface area contributed by atoms with Crippen LogP contribution >= 0.6 is 0 Å². The van der Waals surface area contributed by atoms with E-state index in [0.29, 0.717) is 12.7 Å². The summed E-state index contributed by atoms with van der Waals surface area (Å²) in [6.07, 6.45) is 9.59. The van der Waals surface area contributed by atoms with Crippen LogP contribution in [0.15, 0.2) is 12.2 Å². The van der Waals surface area contributed by atoms with Crippen molar-refractivity contribution >= 4 is 11.9 Å². The molecule has 0 aliphatic rings. The largest absolute Gasteiger partial charge is 0.463 e. The fourth-order valence-electron chi connectivity index (χ4n) is 1.42. The molecule has 4 heteroatoms. The van der Waals surface area contributed by atoms with Crippen molar-refractivity contribution in [2.24, 2.45) is 0 Å². The van der Waals surface area contributed by atoms with Gasteiger partial charge in [-0.25, -0.2) is 14.7 Å².